The van der Waals surface area contributed by atoms with Gasteiger partial charge in [0.2, 0.25) is 0 Å². The van der Waals surface area contributed by atoms with Crippen LogP contribution in [0.2, 0.25) is 0 Å². The maximum atomic E-state index is 12.8. The van der Waals surface area contributed by atoms with Crippen LogP contribution in [-0.2, 0) is 6.18 Å². The van der Waals surface area contributed by atoms with Gasteiger partial charge in [-0.15, -0.1) is 0 Å². The van der Waals surface area contributed by atoms with Crippen LogP contribution in [0.4, 0.5) is 18.9 Å². The van der Waals surface area contributed by atoms with E-state index in [0.29, 0.717) is 17.0 Å². The predicted molar refractivity (Wildman–Crippen MR) is 84.1 cm³/mol. The minimum Gasteiger partial charge on any atom is -0.321 e. The number of alkyl halides is 3. The van der Waals surface area contributed by atoms with E-state index in [-0.39, 0.29) is 5.69 Å². The Morgan fingerprint density at radius 3 is 2.62 bits per heavy atom. The Labute approximate surface area is 135 Å². The molecule has 0 saturated carbocycles. The van der Waals surface area contributed by atoms with Crippen molar-refractivity contribution in [2.75, 3.05) is 5.32 Å². The molecule has 0 fully saturated rings. The van der Waals surface area contributed by atoms with E-state index in [1.54, 1.807) is 17.5 Å². The normalized spacial score (nSPS) is 11.7. The van der Waals surface area contributed by atoms with Gasteiger partial charge in [-0.05, 0) is 49.7 Å². The summed E-state index contributed by atoms with van der Waals surface area (Å²) >= 11 is 0. The predicted octanol–water partition coefficient (Wildman–Crippen LogP) is 4.22. The Morgan fingerprint density at radius 2 is 1.92 bits per heavy atom. The monoisotopic (exact) mass is 333 g/mol. The largest absolute Gasteiger partial charge is 0.416 e. The van der Waals surface area contributed by atoms with Gasteiger partial charge in [0.25, 0.3) is 5.91 Å². The van der Waals surface area contributed by atoms with Crippen LogP contribution in [-0.4, -0.2) is 15.3 Å². The second kappa shape index (κ2) is 5.67. The van der Waals surface area contributed by atoms with Crippen molar-refractivity contribution in [3.05, 3.63) is 65.1 Å². The first-order valence-corrected chi connectivity index (χ1v) is 7.19. The number of anilines is 1. The summed E-state index contributed by atoms with van der Waals surface area (Å²) in [7, 11) is 0. The van der Waals surface area contributed by atoms with Crippen LogP contribution < -0.4 is 5.32 Å². The smallest absolute Gasteiger partial charge is 0.321 e. The zero-order valence-electron chi connectivity index (χ0n) is 13.0. The topological polar surface area (TPSA) is 46.4 Å². The number of aromatic nitrogens is 2. The first-order chi connectivity index (χ1) is 11.3. The summed E-state index contributed by atoms with van der Waals surface area (Å²) in [5.74, 6) is -0.511. The van der Waals surface area contributed by atoms with Crippen molar-refractivity contribution in [3.63, 3.8) is 0 Å². The maximum absolute atomic E-state index is 12.8. The highest BCUT2D eigenvalue weighted by molar-refractivity contribution is 6.04. The number of nitrogens with one attached hydrogen (secondary N) is 1. The minimum absolute atomic E-state index is 0.0799. The van der Waals surface area contributed by atoms with Crippen molar-refractivity contribution in [2.45, 2.75) is 20.0 Å². The van der Waals surface area contributed by atoms with Gasteiger partial charge in [-0.25, -0.2) is 4.98 Å². The van der Waals surface area contributed by atoms with Crippen LogP contribution in [0.25, 0.3) is 5.65 Å². The molecule has 0 aliphatic rings. The van der Waals surface area contributed by atoms with E-state index in [0.717, 1.165) is 17.7 Å². The van der Waals surface area contributed by atoms with E-state index < -0.39 is 17.6 Å². The second-order valence-corrected chi connectivity index (χ2v) is 5.51. The molecule has 0 aliphatic heterocycles. The number of amides is 1. The van der Waals surface area contributed by atoms with Gasteiger partial charge >= 0.3 is 6.18 Å². The molecule has 1 amide bonds. The molecule has 0 atom stereocenters. The highest BCUT2D eigenvalue weighted by atomic mass is 19.4. The number of nitrogens with zero attached hydrogens (tertiary/aromatic N) is 2. The lowest BCUT2D eigenvalue weighted by molar-refractivity contribution is -0.137. The van der Waals surface area contributed by atoms with Gasteiger partial charge < -0.3 is 5.32 Å². The lowest BCUT2D eigenvalue weighted by Crippen LogP contribution is -2.16. The Bertz CT molecular complexity index is 928. The lowest BCUT2D eigenvalue weighted by atomic mass is 10.2. The van der Waals surface area contributed by atoms with E-state index in [1.165, 1.54) is 12.1 Å². The molecule has 3 rings (SSSR count). The molecule has 24 heavy (non-hydrogen) atoms. The van der Waals surface area contributed by atoms with Crippen LogP contribution in [0.3, 0.4) is 0 Å². The first kappa shape index (κ1) is 16.0. The molecular weight excluding hydrogens is 319 g/mol. The molecule has 0 saturated heterocycles. The summed E-state index contributed by atoms with van der Waals surface area (Å²) in [4.78, 5) is 16.8. The number of pyridine rings is 1. The number of carbonyl (C=O) groups excluding carboxylic acids is 1. The molecule has 1 N–H and O–H groups in total. The van der Waals surface area contributed by atoms with Gasteiger partial charge in [-0.3, -0.25) is 9.20 Å². The number of aryl methyl sites for hydroxylation is 2. The number of imidazole rings is 1. The Balaban J connectivity index is 1.95. The van der Waals surface area contributed by atoms with Gasteiger partial charge in [0, 0.05) is 11.9 Å². The first-order valence-electron chi connectivity index (χ1n) is 7.19. The Morgan fingerprint density at radius 1 is 1.17 bits per heavy atom. The van der Waals surface area contributed by atoms with Crippen molar-refractivity contribution in [3.8, 4) is 0 Å². The highest BCUT2D eigenvalue weighted by Gasteiger charge is 2.30. The van der Waals surface area contributed by atoms with Crippen molar-refractivity contribution in [1.29, 1.82) is 0 Å². The molecule has 0 radical (unpaired) electrons. The second-order valence-electron chi connectivity index (χ2n) is 5.51. The Hall–Kier alpha value is -2.83. The van der Waals surface area contributed by atoms with E-state index in [9.17, 15) is 18.0 Å². The van der Waals surface area contributed by atoms with Crippen LogP contribution in [0.5, 0.6) is 0 Å². The molecule has 2 heterocycles. The summed E-state index contributed by atoms with van der Waals surface area (Å²) < 4.78 is 39.9. The maximum Gasteiger partial charge on any atom is 0.416 e. The average Bonchev–Trinajstić information content (AvgIpc) is 2.81. The lowest BCUT2D eigenvalue weighted by Gasteiger charge is -2.10. The molecule has 2 aromatic heterocycles. The Kier molecular flexibility index (Phi) is 3.79. The third-order valence-electron chi connectivity index (χ3n) is 3.62. The van der Waals surface area contributed by atoms with Crippen LogP contribution in [0.1, 0.15) is 27.3 Å². The molecule has 0 spiro atoms. The molecule has 124 valence electrons. The SMILES string of the molecule is Cc1ccn2c(C(=O)Nc3cccc(C(F)(F)F)c3)c(C)nc2c1. The highest BCUT2D eigenvalue weighted by Crippen LogP contribution is 2.30. The molecular formula is C17H14F3N3O. The van der Waals surface area contributed by atoms with Gasteiger partial charge in [0.05, 0.1) is 11.3 Å². The molecule has 1 aromatic carbocycles. The summed E-state index contributed by atoms with van der Waals surface area (Å²) in [5.41, 5.74) is 1.67. The van der Waals surface area contributed by atoms with Crippen molar-refractivity contribution in [1.82, 2.24) is 9.38 Å². The van der Waals surface area contributed by atoms with Crippen LogP contribution >= 0.6 is 0 Å². The quantitative estimate of drug-likeness (QED) is 0.763. The zero-order chi connectivity index (χ0) is 17.5. The van der Waals surface area contributed by atoms with Crippen molar-refractivity contribution < 1.29 is 18.0 Å². The molecule has 4 nitrogen and oxygen atoms in total. The zero-order valence-corrected chi connectivity index (χ0v) is 13.0. The number of fused-ring (bicyclic) bond motifs is 1. The van der Waals surface area contributed by atoms with E-state index >= 15 is 0 Å². The fourth-order valence-electron chi connectivity index (χ4n) is 2.50. The summed E-state index contributed by atoms with van der Waals surface area (Å²) in [6.07, 6.45) is -2.75. The molecule has 3 aromatic rings. The van der Waals surface area contributed by atoms with Crippen molar-refractivity contribution >= 4 is 17.2 Å². The number of benzene rings is 1. The van der Waals surface area contributed by atoms with Gasteiger partial charge in [-0.1, -0.05) is 6.07 Å². The standard InChI is InChI=1S/C17H14F3N3O/c1-10-6-7-23-14(8-10)21-11(2)15(23)16(24)22-13-5-3-4-12(9-13)17(18,19)20/h3-9H,1-2H3,(H,22,24). The van der Waals surface area contributed by atoms with Crippen molar-refractivity contribution in [2.24, 2.45) is 0 Å². The molecule has 0 unspecified atom stereocenters. The van der Waals surface area contributed by atoms with Gasteiger partial charge in [0.15, 0.2) is 0 Å². The summed E-state index contributed by atoms with van der Waals surface area (Å²) in [6.45, 7) is 3.59. The summed E-state index contributed by atoms with van der Waals surface area (Å²) in [5, 5.41) is 2.50. The number of hydrogen-bond acceptors (Lipinski definition) is 2. The fourth-order valence-corrected chi connectivity index (χ4v) is 2.50. The molecule has 7 heteroatoms. The van der Waals surface area contributed by atoms with E-state index in [4.69, 9.17) is 0 Å². The van der Waals surface area contributed by atoms with Gasteiger partial charge in [0.1, 0.15) is 11.3 Å². The van der Waals surface area contributed by atoms with E-state index in [2.05, 4.69) is 10.3 Å². The third-order valence-corrected chi connectivity index (χ3v) is 3.62. The molecule has 0 bridgehead atoms. The number of hydrogen-bond donors (Lipinski definition) is 1. The number of rotatable bonds is 2. The number of halogens is 3. The third kappa shape index (κ3) is 2.97. The van der Waals surface area contributed by atoms with Crippen LogP contribution in [0.15, 0.2) is 42.6 Å². The van der Waals surface area contributed by atoms with Gasteiger partial charge in [-0.2, -0.15) is 13.2 Å². The van der Waals surface area contributed by atoms with E-state index in [1.807, 2.05) is 19.1 Å². The minimum atomic E-state index is -4.46. The van der Waals surface area contributed by atoms with Crippen LogP contribution in [0, 0.1) is 13.8 Å². The number of carbonyl (C=O) groups is 1. The molecule has 0 aliphatic carbocycles. The summed E-state index contributed by atoms with van der Waals surface area (Å²) in [6, 6.07) is 8.18. The fraction of sp³-hybridized carbons (Fsp3) is 0.176. The average molecular weight is 333 g/mol.